The topological polar surface area (TPSA) is 38.3 Å². The van der Waals surface area contributed by atoms with Crippen molar-refractivity contribution in [2.24, 2.45) is 0 Å². The van der Waals surface area contributed by atoms with Crippen molar-refractivity contribution in [2.75, 3.05) is 12.4 Å². The minimum atomic E-state index is -0.0973. The Bertz CT molecular complexity index is 626. The lowest BCUT2D eigenvalue weighted by Crippen LogP contribution is -2.15. The van der Waals surface area contributed by atoms with Crippen molar-refractivity contribution in [3.8, 4) is 5.75 Å². The Morgan fingerprint density at radius 2 is 2.00 bits per heavy atom. The van der Waals surface area contributed by atoms with Crippen LogP contribution in [0.5, 0.6) is 5.75 Å². The molecule has 0 saturated heterocycles. The van der Waals surface area contributed by atoms with Crippen molar-refractivity contribution in [1.82, 2.24) is 0 Å². The van der Waals surface area contributed by atoms with Gasteiger partial charge in [-0.2, -0.15) is 0 Å². The van der Waals surface area contributed by atoms with E-state index in [1.54, 1.807) is 25.3 Å². The lowest BCUT2D eigenvalue weighted by atomic mass is 10.1. The van der Waals surface area contributed by atoms with E-state index in [4.69, 9.17) is 16.3 Å². The SMILES string of the molecule is COc1ccc(Cl)cc1NC(=O)Cc1ccccc1C. The van der Waals surface area contributed by atoms with Gasteiger partial charge in [0, 0.05) is 5.02 Å². The maximum absolute atomic E-state index is 12.1. The summed E-state index contributed by atoms with van der Waals surface area (Å²) in [5.41, 5.74) is 2.69. The average molecular weight is 290 g/mol. The van der Waals surface area contributed by atoms with Crippen LogP contribution >= 0.6 is 11.6 Å². The number of benzene rings is 2. The third-order valence-corrected chi connectivity index (χ3v) is 3.28. The zero-order valence-corrected chi connectivity index (χ0v) is 12.2. The number of amides is 1. The van der Waals surface area contributed by atoms with E-state index in [9.17, 15) is 4.79 Å². The molecule has 1 amide bonds. The molecule has 0 unspecified atom stereocenters. The lowest BCUT2D eigenvalue weighted by Gasteiger charge is -2.11. The predicted molar refractivity (Wildman–Crippen MR) is 81.5 cm³/mol. The van der Waals surface area contributed by atoms with Gasteiger partial charge in [-0.15, -0.1) is 0 Å². The van der Waals surface area contributed by atoms with E-state index in [-0.39, 0.29) is 5.91 Å². The summed E-state index contributed by atoms with van der Waals surface area (Å²) in [6.07, 6.45) is 0.322. The van der Waals surface area contributed by atoms with E-state index >= 15 is 0 Å². The summed E-state index contributed by atoms with van der Waals surface area (Å²) in [5.74, 6) is 0.493. The summed E-state index contributed by atoms with van der Waals surface area (Å²) >= 11 is 5.94. The van der Waals surface area contributed by atoms with Gasteiger partial charge in [-0.25, -0.2) is 0 Å². The van der Waals surface area contributed by atoms with E-state index in [1.807, 2.05) is 31.2 Å². The number of hydrogen-bond acceptors (Lipinski definition) is 2. The molecule has 4 heteroatoms. The monoisotopic (exact) mass is 289 g/mol. The highest BCUT2D eigenvalue weighted by Gasteiger charge is 2.10. The van der Waals surface area contributed by atoms with Gasteiger partial charge < -0.3 is 10.1 Å². The third-order valence-electron chi connectivity index (χ3n) is 3.05. The molecule has 0 aliphatic carbocycles. The summed E-state index contributed by atoms with van der Waals surface area (Å²) in [7, 11) is 1.56. The van der Waals surface area contributed by atoms with Gasteiger partial charge in [0.2, 0.25) is 5.91 Å². The lowest BCUT2D eigenvalue weighted by molar-refractivity contribution is -0.115. The summed E-state index contributed by atoms with van der Waals surface area (Å²) in [6.45, 7) is 1.99. The van der Waals surface area contributed by atoms with Gasteiger partial charge in [0.1, 0.15) is 5.75 Å². The number of carbonyl (C=O) groups excluding carboxylic acids is 1. The molecule has 0 saturated carbocycles. The maximum Gasteiger partial charge on any atom is 0.228 e. The van der Waals surface area contributed by atoms with E-state index in [0.29, 0.717) is 22.9 Å². The number of nitrogens with one attached hydrogen (secondary N) is 1. The molecule has 0 bridgehead atoms. The van der Waals surface area contributed by atoms with Crippen LogP contribution in [0.15, 0.2) is 42.5 Å². The molecule has 0 aliphatic rings. The van der Waals surface area contributed by atoms with Gasteiger partial charge in [-0.3, -0.25) is 4.79 Å². The van der Waals surface area contributed by atoms with Crippen LogP contribution in [0.4, 0.5) is 5.69 Å². The molecule has 0 fully saturated rings. The fourth-order valence-corrected chi connectivity index (χ4v) is 2.13. The largest absolute Gasteiger partial charge is 0.495 e. The Hall–Kier alpha value is -2.00. The maximum atomic E-state index is 12.1. The van der Waals surface area contributed by atoms with Crippen LogP contribution in [0, 0.1) is 6.92 Å². The van der Waals surface area contributed by atoms with Gasteiger partial charge in [-0.1, -0.05) is 35.9 Å². The van der Waals surface area contributed by atoms with Crippen molar-refractivity contribution in [3.05, 3.63) is 58.6 Å². The smallest absolute Gasteiger partial charge is 0.228 e. The third kappa shape index (κ3) is 3.52. The molecule has 2 aromatic rings. The first-order valence-electron chi connectivity index (χ1n) is 6.28. The number of carbonyl (C=O) groups is 1. The number of aryl methyl sites for hydroxylation is 1. The summed E-state index contributed by atoms with van der Waals surface area (Å²) < 4.78 is 5.20. The first-order valence-corrected chi connectivity index (χ1v) is 6.66. The summed E-state index contributed by atoms with van der Waals surface area (Å²) in [5, 5.41) is 3.38. The number of halogens is 1. The minimum Gasteiger partial charge on any atom is -0.495 e. The Kier molecular flexibility index (Phi) is 4.64. The Morgan fingerprint density at radius 3 is 2.70 bits per heavy atom. The number of hydrogen-bond donors (Lipinski definition) is 1. The van der Waals surface area contributed by atoms with E-state index in [1.165, 1.54) is 0 Å². The van der Waals surface area contributed by atoms with Gasteiger partial charge in [0.15, 0.2) is 0 Å². The molecule has 0 atom stereocenters. The van der Waals surface area contributed by atoms with Crippen molar-refractivity contribution in [3.63, 3.8) is 0 Å². The quantitative estimate of drug-likeness (QED) is 0.929. The molecule has 0 heterocycles. The molecule has 3 nitrogen and oxygen atoms in total. The Morgan fingerprint density at radius 1 is 1.25 bits per heavy atom. The molecule has 2 aromatic carbocycles. The fourth-order valence-electron chi connectivity index (χ4n) is 1.95. The van der Waals surface area contributed by atoms with Crippen LogP contribution in [-0.2, 0) is 11.2 Å². The molecule has 20 heavy (non-hydrogen) atoms. The Labute approximate surface area is 123 Å². The normalized spacial score (nSPS) is 10.2. The van der Waals surface area contributed by atoms with Gasteiger partial charge in [0.25, 0.3) is 0 Å². The number of methoxy groups -OCH3 is 1. The van der Waals surface area contributed by atoms with Crippen LogP contribution in [0.25, 0.3) is 0 Å². The molecule has 0 radical (unpaired) electrons. The fraction of sp³-hybridized carbons (Fsp3) is 0.188. The van der Waals surface area contributed by atoms with Crippen LogP contribution in [0.1, 0.15) is 11.1 Å². The second kappa shape index (κ2) is 6.44. The zero-order chi connectivity index (χ0) is 14.5. The minimum absolute atomic E-state index is 0.0973. The van der Waals surface area contributed by atoms with Crippen molar-refractivity contribution >= 4 is 23.2 Å². The van der Waals surface area contributed by atoms with Crippen LogP contribution < -0.4 is 10.1 Å². The molecule has 0 aliphatic heterocycles. The van der Waals surface area contributed by atoms with E-state index in [2.05, 4.69) is 5.32 Å². The number of rotatable bonds is 4. The number of ether oxygens (including phenoxy) is 1. The standard InChI is InChI=1S/C16H16ClNO2/c1-11-5-3-4-6-12(11)9-16(19)18-14-10-13(17)7-8-15(14)20-2/h3-8,10H,9H2,1-2H3,(H,18,19). The Balaban J connectivity index is 2.12. The molecule has 0 aromatic heterocycles. The summed E-state index contributed by atoms with van der Waals surface area (Å²) in [6, 6.07) is 12.9. The highest BCUT2D eigenvalue weighted by Crippen LogP contribution is 2.27. The van der Waals surface area contributed by atoms with Crippen molar-refractivity contribution in [1.29, 1.82) is 0 Å². The highest BCUT2D eigenvalue weighted by molar-refractivity contribution is 6.31. The molecular weight excluding hydrogens is 274 g/mol. The van der Waals surface area contributed by atoms with Gasteiger partial charge in [0.05, 0.1) is 19.2 Å². The van der Waals surface area contributed by atoms with Crippen LogP contribution in [0.2, 0.25) is 5.02 Å². The predicted octanol–water partition coefficient (Wildman–Crippen LogP) is 3.84. The second-order valence-electron chi connectivity index (χ2n) is 4.50. The van der Waals surface area contributed by atoms with Gasteiger partial charge >= 0.3 is 0 Å². The van der Waals surface area contributed by atoms with Gasteiger partial charge in [-0.05, 0) is 36.2 Å². The highest BCUT2D eigenvalue weighted by atomic mass is 35.5. The van der Waals surface area contributed by atoms with Crippen molar-refractivity contribution < 1.29 is 9.53 Å². The van der Waals surface area contributed by atoms with E-state index < -0.39 is 0 Å². The first-order chi connectivity index (χ1) is 9.60. The van der Waals surface area contributed by atoms with Crippen molar-refractivity contribution in [2.45, 2.75) is 13.3 Å². The molecule has 1 N–H and O–H groups in total. The van der Waals surface area contributed by atoms with E-state index in [0.717, 1.165) is 11.1 Å². The molecule has 104 valence electrons. The average Bonchev–Trinajstić information content (AvgIpc) is 2.41. The summed E-state index contributed by atoms with van der Waals surface area (Å²) in [4.78, 5) is 12.1. The van der Waals surface area contributed by atoms with Crippen LogP contribution in [0.3, 0.4) is 0 Å². The molecule has 2 rings (SSSR count). The second-order valence-corrected chi connectivity index (χ2v) is 4.93. The zero-order valence-electron chi connectivity index (χ0n) is 11.4. The molecule has 0 spiro atoms. The molecular formula is C16H16ClNO2. The van der Waals surface area contributed by atoms with Crippen LogP contribution in [-0.4, -0.2) is 13.0 Å². The first kappa shape index (κ1) is 14.4. The number of anilines is 1.